The molecule has 0 saturated carbocycles. The van der Waals surface area contributed by atoms with Gasteiger partial charge in [0, 0.05) is 6.04 Å². The summed E-state index contributed by atoms with van der Waals surface area (Å²) in [7, 11) is 0. The third-order valence-electron chi connectivity index (χ3n) is 3.76. The Hall–Kier alpha value is -0.820. The highest BCUT2D eigenvalue weighted by molar-refractivity contribution is 5.36. The molecule has 1 unspecified atom stereocenters. The monoisotopic (exact) mass is 217 g/mol. The highest BCUT2D eigenvalue weighted by Gasteiger charge is 2.27. The van der Waals surface area contributed by atoms with Crippen molar-refractivity contribution >= 4 is 0 Å². The van der Waals surface area contributed by atoms with Gasteiger partial charge in [-0.25, -0.2) is 0 Å². The Kier molecular flexibility index (Phi) is 3.34. The average molecular weight is 217 g/mol. The van der Waals surface area contributed by atoms with Gasteiger partial charge < -0.3 is 5.32 Å². The van der Waals surface area contributed by atoms with E-state index in [-0.39, 0.29) is 0 Å². The van der Waals surface area contributed by atoms with E-state index in [1.807, 2.05) is 0 Å². The second kappa shape index (κ2) is 4.58. The van der Waals surface area contributed by atoms with E-state index in [0.29, 0.717) is 11.5 Å². The maximum absolute atomic E-state index is 3.52. The summed E-state index contributed by atoms with van der Waals surface area (Å²) in [6.07, 6.45) is 3.80. The molecule has 1 saturated heterocycles. The molecule has 0 bridgehead atoms. The number of nitrogens with one attached hydrogen (secondary N) is 1. The second-order valence-electron chi connectivity index (χ2n) is 5.52. The molecule has 88 valence electrons. The van der Waals surface area contributed by atoms with Gasteiger partial charge in [-0.1, -0.05) is 51.5 Å². The minimum Gasteiger partial charge on any atom is -0.310 e. The Morgan fingerprint density at radius 1 is 1.31 bits per heavy atom. The molecule has 2 rings (SSSR count). The largest absolute Gasteiger partial charge is 0.310 e. The molecule has 1 aliphatic heterocycles. The van der Waals surface area contributed by atoms with Crippen molar-refractivity contribution in [2.24, 2.45) is 0 Å². The van der Waals surface area contributed by atoms with Crippen LogP contribution in [0.1, 0.15) is 57.2 Å². The van der Waals surface area contributed by atoms with Gasteiger partial charge in [0.1, 0.15) is 0 Å². The van der Waals surface area contributed by atoms with Crippen LogP contribution in [-0.4, -0.2) is 6.54 Å². The summed E-state index contributed by atoms with van der Waals surface area (Å²) in [4.78, 5) is 0. The fraction of sp³-hybridized carbons (Fsp3) is 0.600. The molecule has 0 aromatic heterocycles. The quantitative estimate of drug-likeness (QED) is 0.809. The Morgan fingerprint density at radius 3 is 2.56 bits per heavy atom. The summed E-state index contributed by atoms with van der Waals surface area (Å²) in [6, 6.07) is 9.55. The maximum Gasteiger partial charge on any atom is 0.0335 e. The summed E-state index contributed by atoms with van der Waals surface area (Å²) in [5.41, 5.74) is 3.36. The minimum absolute atomic E-state index is 0.308. The van der Waals surface area contributed by atoms with E-state index in [1.54, 1.807) is 0 Å². The van der Waals surface area contributed by atoms with Crippen LogP contribution in [-0.2, 0) is 5.41 Å². The molecule has 1 aromatic carbocycles. The van der Waals surface area contributed by atoms with Gasteiger partial charge in [0.2, 0.25) is 0 Å². The summed E-state index contributed by atoms with van der Waals surface area (Å²) in [5.74, 6) is 0. The zero-order valence-corrected chi connectivity index (χ0v) is 10.7. The zero-order valence-electron chi connectivity index (χ0n) is 10.7. The van der Waals surface area contributed by atoms with Gasteiger partial charge in [-0.15, -0.1) is 0 Å². The molecule has 1 aromatic rings. The van der Waals surface area contributed by atoms with Crippen molar-refractivity contribution in [1.29, 1.82) is 0 Å². The molecular weight excluding hydrogens is 194 g/mol. The Labute approximate surface area is 99.3 Å². The Balaban J connectivity index is 2.31. The predicted molar refractivity (Wildman–Crippen MR) is 69.7 cm³/mol. The number of benzene rings is 1. The van der Waals surface area contributed by atoms with Crippen molar-refractivity contribution in [3.05, 3.63) is 35.4 Å². The van der Waals surface area contributed by atoms with Gasteiger partial charge in [0.15, 0.2) is 0 Å². The lowest BCUT2D eigenvalue weighted by atomic mass is 9.76. The van der Waals surface area contributed by atoms with Crippen LogP contribution in [0.2, 0.25) is 0 Å². The fourth-order valence-corrected chi connectivity index (χ4v) is 2.73. The lowest BCUT2D eigenvalue weighted by Crippen LogP contribution is -2.36. The highest BCUT2D eigenvalue weighted by atomic mass is 15.0. The average Bonchev–Trinajstić information content (AvgIpc) is 2.15. The molecule has 0 spiro atoms. The normalized spacial score (nSPS) is 20.6. The van der Waals surface area contributed by atoms with Crippen LogP contribution >= 0.6 is 0 Å². The molecule has 1 fully saturated rings. The predicted octanol–water partition coefficient (Wildman–Crippen LogP) is 3.80. The summed E-state index contributed by atoms with van der Waals surface area (Å²) < 4.78 is 0. The lowest BCUT2D eigenvalue weighted by molar-refractivity contribution is 0.370. The zero-order chi connectivity index (χ0) is 11.6. The number of rotatable bonds is 4. The maximum atomic E-state index is 3.52. The summed E-state index contributed by atoms with van der Waals surface area (Å²) in [6.45, 7) is 8.18. The van der Waals surface area contributed by atoms with Crippen LogP contribution in [0.5, 0.6) is 0 Å². The van der Waals surface area contributed by atoms with Crippen molar-refractivity contribution in [1.82, 2.24) is 5.32 Å². The van der Waals surface area contributed by atoms with Crippen LogP contribution in [0.3, 0.4) is 0 Å². The first-order valence-corrected chi connectivity index (χ1v) is 6.48. The third-order valence-corrected chi connectivity index (χ3v) is 3.76. The molecular formula is C15H23N. The van der Waals surface area contributed by atoms with Crippen LogP contribution in [0.15, 0.2) is 24.3 Å². The van der Waals surface area contributed by atoms with E-state index in [4.69, 9.17) is 0 Å². The second-order valence-corrected chi connectivity index (χ2v) is 5.52. The van der Waals surface area contributed by atoms with Crippen molar-refractivity contribution in [3.8, 4) is 0 Å². The van der Waals surface area contributed by atoms with E-state index in [2.05, 4.69) is 50.4 Å². The van der Waals surface area contributed by atoms with Crippen molar-refractivity contribution in [3.63, 3.8) is 0 Å². The topological polar surface area (TPSA) is 12.0 Å². The third kappa shape index (κ3) is 2.15. The van der Waals surface area contributed by atoms with Crippen LogP contribution in [0.25, 0.3) is 0 Å². The van der Waals surface area contributed by atoms with Gasteiger partial charge in [-0.2, -0.15) is 0 Å². The van der Waals surface area contributed by atoms with Crippen LogP contribution in [0, 0.1) is 0 Å². The molecule has 0 aliphatic carbocycles. The van der Waals surface area contributed by atoms with Crippen molar-refractivity contribution in [2.45, 2.75) is 51.5 Å². The SMILES string of the molecule is CCCC(C)(C)c1ccccc1C1CCN1. The van der Waals surface area contributed by atoms with Gasteiger partial charge in [-0.05, 0) is 35.9 Å². The first-order chi connectivity index (χ1) is 7.65. The first-order valence-electron chi connectivity index (χ1n) is 6.48. The fourth-order valence-electron chi connectivity index (χ4n) is 2.73. The van der Waals surface area contributed by atoms with Gasteiger partial charge in [0.05, 0.1) is 0 Å². The van der Waals surface area contributed by atoms with Crippen molar-refractivity contribution in [2.75, 3.05) is 6.54 Å². The van der Waals surface area contributed by atoms with Crippen LogP contribution < -0.4 is 5.32 Å². The molecule has 1 aliphatic rings. The molecule has 1 nitrogen and oxygen atoms in total. The standard InChI is InChI=1S/C15H23N/c1-4-10-15(2,3)13-8-6-5-7-12(13)14-9-11-16-14/h5-8,14,16H,4,9-11H2,1-3H3. The first kappa shape index (κ1) is 11.7. The van der Waals surface area contributed by atoms with E-state index in [0.717, 1.165) is 0 Å². The Bertz CT molecular complexity index is 350. The molecule has 0 radical (unpaired) electrons. The van der Waals surface area contributed by atoms with E-state index >= 15 is 0 Å². The Morgan fingerprint density at radius 2 is 2.00 bits per heavy atom. The number of hydrogen-bond acceptors (Lipinski definition) is 1. The highest BCUT2D eigenvalue weighted by Crippen LogP contribution is 2.36. The minimum atomic E-state index is 0.308. The molecule has 1 N–H and O–H groups in total. The summed E-state index contributed by atoms with van der Waals surface area (Å²) >= 11 is 0. The molecule has 0 amide bonds. The summed E-state index contributed by atoms with van der Waals surface area (Å²) in [5, 5.41) is 3.52. The van der Waals surface area contributed by atoms with E-state index in [1.165, 1.54) is 36.9 Å². The lowest BCUT2D eigenvalue weighted by Gasteiger charge is -2.35. The molecule has 1 heterocycles. The molecule has 1 heteroatoms. The van der Waals surface area contributed by atoms with E-state index < -0.39 is 0 Å². The van der Waals surface area contributed by atoms with Crippen LogP contribution in [0.4, 0.5) is 0 Å². The van der Waals surface area contributed by atoms with E-state index in [9.17, 15) is 0 Å². The molecule has 16 heavy (non-hydrogen) atoms. The smallest absolute Gasteiger partial charge is 0.0335 e. The number of hydrogen-bond donors (Lipinski definition) is 1. The van der Waals surface area contributed by atoms with Crippen molar-refractivity contribution < 1.29 is 0 Å². The van der Waals surface area contributed by atoms with Gasteiger partial charge in [0.25, 0.3) is 0 Å². The van der Waals surface area contributed by atoms with Gasteiger partial charge in [-0.3, -0.25) is 0 Å². The molecule has 1 atom stereocenters. The van der Waals surface area contributed by atoms with Gasteiger partial charge >= 0.3 is 0 Å².